The normalized spacial score (nSPS) is 9.76. The average molecular weight is 237 g/mol. The maximum atomic E-state index is 11.3. The van der Waals surface area contributed by atoms with Crippen molar-refractivity contribution >= 4 is 23.3 Å². The highest BCUT2D eigenvalue weighted by Crippen LogP contribution is 2.17. The van der Waals surface area contributed by atoms with Crippen LogP contribution >= 0.6 is 0 Å². The topological polar surface area (TPSA) is 95.7 Å². The number of likely N-dealkylation sites (N-methyl/N-ethyl adjacent to an activating group) is 1. The van der Waals surface area contributed by atoms with Crippen molar-refractivity contribution in [3.05, 3.63) is 23.8 Å². The predicted molar refractivity (Wildman–Crippen MR) is 65.0 cm³/mol. The van der Waals surface area contributed by atoms with E-state index in [1.807, 2.05) is 0 Å². The molecule has 1 amide bonds. The van der Waals surface area contributed by atoms with Crippen LogP contribution in [0.25, 0.3) is 0 Å². The Morgan fingerprint density at radius 3 is 2.59 bits per heavy atom. The van der Waals surface area contributed by atoms with Crippen LogP contribution in [0.4, 0.5) is 11.4 Å². The molecule has 0 spiro atoms. The van der Waals surface area contributed by atoms with Crippen molar-refractivity contribution in [3.63, 3.8) is 0 Å². The summed E-state index contributed by atoms with van der Waals surface area (Å²) >= 11 is 0. The summed E-state index contributed by atoms with van der Waals surface area (Å²) in [6.07, 6.45) is 0. The Morgan fingerprint density at radius 1 is 1.41 bits per heavy atom. The second-order valence-corrected chi connectivity index (χ2v) is 3.75. The van der Waals surface area contributed by atoms with Crippen LogP contribution < -0.4 is 11.1 Å². The highest BCUT2D eigenvalue weighted by molar-refractivity contribution is 5.95. The molecule has 0 atom stereocenters. The number of carboxylic acids is 1. The Kier molecular flexibility index (Phi) is 3.92. The van der Waals surface area contributed by atoms with E-state index in [2.05, 4.69) is 5.32 Å². The first-order valence-corrected chi connectivity index (χ1v) is 4.98. The molecule has 0 aliphatic heterocycles. The average Bonchev–Trinajstić information content (AvgIpc) is 2.26. The number of nitrogens with one attached hydrogen (secondary N) is 1. The quantitative estimate of drug-likeness (QED) is 0.661. The number of carbonyl (C=O) groups is 2. The van der Waals surface area contributed by atoms with Crippen LogP contribution in [0.5, 0.6) is 0 Å². The summed E-state index contributed by atoms with van der Waals surface area (Å²) in [5.41, 5.74) is 6.28. The van der Waals surface area contributed by atoms with Gasteiger partial charge in [-0.05, 0) is 18.2 Å². The lowest BCUT2D eigenvalue weighted by Crippen LogP contribution is -2.28. The summed E-state index contributed by atoms with van der Waals surface area (Å²) in [5.74, 6) is -1.19. The van der Waals surface area contributed by atoms with Gasteiger partial charge in [-0.15, -0.1) is 0 Å². The lowest BCUT2D eigenvalue weighted by molar-refractivity contribution is -0.126. The van der Waals surface area contributed by atoms with Crippen molar-refractivity contribution < 1.29 is 14.7 Å². The van der Waals surface area contributed by atoms with E-state index in [9.17, 15) is 9.59 Å². The summed E-state index contributed by atoms with van der Waals surface area (Å²) in [5, 5.41) is 11.7. The number of hydrogen-bond donors (Lipinski definition) is 3. The van der Waals surface area contributed by atoms with Gasteiger partial charge >= 0.3 is 5.97 Å². The standard InChI is InChI=1S/C11H15N3O3/c1-14(2)10(15)6-13-7-3-4-9(12)8(5-7)11(16)17/h3-5,13H,6,12H2,1-2H3,(H,16,17). The fraction of sp³-hybridized carbons (Fsp3) is 0.273. The number of rotatable bonds is 4. The fourth-order valence-electron chi connectivity index (χ4n) is 1.19. The first-order valence-electron chi connectivity index (χ1n) is 4.98. The summed E-state index contributed by atoms with van der Waals surface area (Å²) in [6, 6.07) is 4.53. The van der Waals surface area contributed by atoms with E-state index in [4.69, 9.17) is 10.8 Å². The number of nitrogens with two attached hydrogens (primary N) is 1. The third kappa shape index (κ3) is 3.37. The molecule has 0 aliphatic carbocycles. The van der Waals surface area contributed by atoms with Gasteiger partial charge in [-0.25, -0.2) is 4.79 Å². The SMILES string of the molecule is CN(C)C(=O)CNc1ccc(N)c(C(=O)O)c1. The molecule has 1 aromatic carbocycles. The Labute approximate surface area is 99.0 Å². The maximum absolute atomic E-state index is 11.3. The summed E-state index contributed by atoms with van der Waals surface area (Å²) in [7, 11) is 3.30. The molecule has 0 bridgehead atoms. The molecule has 0 aromatic heterocycles. The molecule has 92 valence electrons. The first kappa shape index (κ1) is 12.8. The van der Waals surface area contributed by atoms with Gasteiger partial charge in [0, 0.05) is 25.5 Å². The van der Waals surface area contributed by atoms with E-state index in [-0.39, 0.29) is 23.7 Å². The molecule has 0 unspecified atom stereocenters. The molecule has 1 aromatic rings. The smallest absolute Gasteiger partial charge is 0.337 e. The number of nitrogens with zero attached hydrogens (tertiary/aromatic N) is 1. The Hall–Kier alpha value is -2.24. The third-order valence-corrected chi connectivity index (χ3v) is 2.23. The van der Waals surface area contributed by atoms with Gasteiger partial charge in [-0.1, -0.05) is 0 Å². The highest BCUT2D eigenvalue weighted by atomic mass is 16.4. The van der Waals surface area contributed by atoms with Crippen LogP contribution in [0, 0.1) is 0 Å². The van der Waals surface area contributed by atoms with E-state index in [0.717, 1.165) is 0 Å². The van der Waals surface area contributed by atoms with Gasteiger partial charge in [-0.2, -0.15) is 0 Å². The van der Waals surface area contributed by atoms with Crippen LogP contribution in [0.15, 0.2) is 18.2 Å². The van der Waals surface area contributed by atoms with Crippen molar-refractivity contribution in [2.45, 2.75) is 0 Å². The van der Waals surface area contributed by atoms with Crippen LogP contribution in [0.2, 0.25) is 0 Å². The largest absolute Gasteiger partial charge is 0.478 e. The number of aromatic carboxylic acids is 1. The summed E-state index contributed by atoms with van der Waals surface area (Å²) in [6.45, 7) is 0.107. The van der Waals surface area contributed by atoms with Gasteiger partial charge in [0.2, 0.25) is 5.91 Å². The Morgan fingerprint density at radius 2 is 2.06 bits per heavy atom. The van der Waals surface area contributed by atoms with E-state index >= 15 is 0 Å². The van der Waals surface area contributed by atoms with Crippen LogP contribution in [-0.4, -0.2) is 42.5 Å². The Balaban J connectivity index is 2.76. The number of carboxylic acid groups (broad SMARTS) is 1. The molecular formula is C11H15N3O3. The van der Waals surface area contributed by atoms with Crippen LogP contribution in [0.1, 0.15) is 10.4 Å². The van der Waals surface area contributed by atoms with Crippen molar-refractivity contribution in [1.82, 2.24) is 4.90 Å². The molecular weight excluding hydrogens is 222 g/mol. The lowest BCUT2D eigenvalue weighted by atomic mass is 10.1. The van der Waals surface area contributed by atoms with Crippen molar-refractivity contribution in [2.24, 2.45) is 0 Å². The fourth-order valence-corrected chi connectivity index (χ4v) is 1.19. The monoisotopic (exact) mass is 237 g/mol. The number of anilines is 2. The van der Waals surface area contributed by atoms with Crippen molar-refractivity contribution in [3.8, 4) is 0 Å². The molecule has 0 saturated heterocycles. The molecule has 17 heavy (non-hydrogen) atoms. The second-order valence-electron chi connectivity index (χ2n) is 3.75. The molecule has 4 N–H and O–H groups in total. The highest BCUT2D eigenvalue weighted by Gasteiger charge is 2.09. The van der Waals surface area contributed by atoms with E-state index in [1.54, 1.807) is 20.2 Å². The molecule has 0 saturated carbocycles. The number of amides is 1. The van der Waals surface area contributed by atoms with Crippen LogP contribution in [-0.2, 0) is 4.79 Å². The number of hydrogen-bond acceptors (Lipinski definition) is 4. The van der Waals surface area contributed by atoms with Gasteiger partial charge in [0.05, 0.1) is 12.1 Å². The molecule has 6 heteroatoms. The number of carbonyl (C=O) groups excluding carboxylic acids is 1. The molecule has 0 radical (unpaired) electrons. The molecule has 6 nitrogen and oxygen atoms in total. The Bertz CT molecular complexity index is 444. The minimum Gasteiger partial charge on any atom is -0.478 e. The van der Waals surface area contributed by atoms with Crippen molar-refractivity contribution in [1.29, 1.82) is 0 Å². The predicted octanol–water partition coefficient (Wildman–Crippen LogP) is 0.467. The van der Waals surface area contributed by atoms with Gasteiger partial charge < -0.3 is 21.1 Å². The van der Waals surface area contributed by atoms with E-state index in [0.29, 0.717) is 5.69 Å². The zero-order valence-corrected chi connectivity index (χ0v) is 9.73. The number of nitrogen functional groups attached to an aromatic ring is 1. The zero-order chi connectivity index (χ0) is 13.0. The maximum Gasteiger partial charge on any atom is 0.337 e. The first-order chi connectivity index (χ1) is 7.91. The van der Waals surface area contributed by atoms with Gasteiger partial charge in [-0.3, -0.25) is 4.79 Å². The number of benzene rings is 1. The van der Waals surface area contributed by atoms with Gasteiger partial charge in [0.25, 0.3) is 0 Å². The zero-order valence-electron chi connectivity index (χ0n) is 9.73. The van der Waals surface area contributed by atoms with Gasteiger partial charge in [0.15, 0.2) is 0 Å². The van der Waals surface area contributed by atoms with Crippen LogP contribution in [0.3, 0.4) is 0 Å². The molecule has 1 rings (SSSR count). The van der Waals surface area contributed by atoms with Gasteiger partial charge in [0.1, 0.15) is 0 Å². The third-order valence-electron chi connectivity index (χ3n) is 2.23. The van der Waals surface area contributed by atoms with E-state index < -0.39 is 5.97 Å². The minimum atomic E-state index is -1.09. The summed E-state index contributed by atoms with van der Waals surface area (Å²) < 4.78 is 0. The molecule has 0 heterocycles. The summed E-state index contributed by atoms with van der Waals surface area (Å²) in [4.78, 5) is 23.6. The molecule has 0 fully saturated rings. The minimum absolute atomic E-state index is 0.0207. The van der Waals surface area contributed by atoms with E-state index in [1.165, 1.54) is 17.0 Å². The van der Waals surface area contributed by atoms with Crippen molar-refractivity contribution in [2.75, 3.05) is 31.7 Å². The second kappa shape index (κ2) is 5.20. The molecule has 0 aliphatic rings. The lowest BCUT2D eigenvalue weighted by Gasteiger charge is -2.12.